The van der Waals surface area contributed by atoms with Crippen molar-refractivity contribution >= 4 is 23.4 Å². The first-order chi connectivity index (χ1) is 8.99. The van der Waals surface area contributed by atoms with Gasteiger partial charge in [0, 0.05) is 10.5 Å². The van der Waals surface area contributed by atoms with E-state index >= 15 is 0 Å². The summed E-state index contributed by atoms with van der Waals surface area (Å²) < 4.78 is 0. The highest BCUT2D eigenvalue weighted by Gasteiger charge is 2.15. The van der Waals surface area contributed by atoms with Crippen LogP contribution in [0, 0.1) is 13.8 Å². The molecule has 0 fully saturated rings. The van der Waals surface area contributed by atoms with Crippen molar-refractivity contribution in [1.29, 1.82) is 0 Å². The lowest BCUT2D eigenvalue weighted by molar-refractivity contribution is 0.802. The van der Waals surface area contributed by atoms with Gasteiger partial charge in [0.05, 0.1) is 0 Å². The van der Waals surface area contributed by atoms with E-state index in [4.69, 9.17) is 11.6 Å². The molecule has 100 valence electrons. The molecule has 0 spiro atoms. The van der Waals surface area contributed by atoms with Crippen LogP contribution in [0.1, 0.15) is 36.5 Å². The highest BCUT2D eigenvalue weighted by atomic mass is 35.5. The highest BCUT2D eigenvalue weighted by molar-refractivity contribution is 7.99. The van der Waals surface area contributed by atoms with Crippen molar-refractivity contribution in [1.82, 2.24) is 9.97 Å². The van der Waals surface area contributed by atoms with Gasteiger partial charge in [-0.3, -0.25) is 0 Å². The second-order valence-electron chi connectivity index (χ2n) is 4.91. The zero-order chi connectivity index (χ0) is 14.0. The van der Waals surface area contributed by atoms with Crippen LogP contribution in [0.4, 0.5) is 0 Å². The molecule has 1 heterocycles. The normalized spacial score (nSPS) is 11.1. The zero-order valence-corrected chi connectivity index (χ0v) is 13.1. The largest absolute Gasteiger partial charge is 0.229 e. The summed E-state index contributed by atoms with van der Waals surface area (Å²) in [6.45, 7) is 8.43. The molecule has 1 aromatic carbocycles. The van der Waals surface area contributed by atoms with E-state index in [9.17, 15) is 0 Å². The summed E-state index contributed by atoms with van der Waals surface area (Å²) in [6, 6.07) is 6.44. The Balaban J connectivity index is 2.44. The lowest BCUT2D eigenvalue weighted by Gasteiger charge is -2.13. The van der Waals surface area contributed by atoms with Crippen LogP contribution in [-0.4, -0.2) is 9.97 Å². The Morgan fingerprint density at radius 3 is 2.58 bits per heavy atom. The van der Waals surface area contributed by atoms with Crippen LogP contribution in [-0.2, 0) is 0 Å². The van der Waals surface area contributed by atoms with Gasteiger partial charge in [-0.1, -0.05) is 49.3 Å². The summed E-state index contributed by atoms with van der Waals surface area (Å²) in [5.74, 6) is 0.307. The van der Waals surface area contributed by atoms with Crippen molar-refractivity contribution in [2.24, 2.45) is 0 Å². The predicted molar refractivity (Wildman–Crippen MR) is 81.2 cm³/mol. The Morgan fingerprint density at radius 2 is 1.89 bits per heavy atom. The Morgan fingerprint density at radius 1 is 1.16 bits per heavy atom. The molecule has 0 aliphatic carbocycles. The molecule has 2 aromatic rings. The van der Waals surface area contributed by atoms with E-state index in [0.29, 0.717) is 11.1 Å². The second-order valence-corrected chi connectivity index (χ2v) is 6.30. The minimum atomic E-state index is 0.307. The monoisotopic (exact) mass is 292 g/mol. The number of nitrogens with zero attached hydrogens (tertiary/aromatic N) is 2. The third-order valence-electron chi connectivity index (χ3n) is 2.93. The standard InChI is InChI=1S/C15H17ClN2S/c1-9(2)13-14(16)17-8-18-15(13)19-12-7-10(3)5-6-11(12)4/h5-9H,1-4H3. The molecule has 1 aromatic heterocycles. The molecule has 0 N–H and O–H groups in total. The summed E-state index contributed by atoms with van der Waals surface area (Å²) in [6.07, 6.45) is 1.53. The van der Waals surface area contributed by atoms with Gasteiger partial charge < -0.3 is 0 Å². The van der Waals surface area contributed by atoms with Crippen LogP contribution in [0.3, 0.4) is 0 Å². The Bertz CT molecular complexity index is 597. The fraction of sp³-hybridized carbons (Fsp3) is 0.333. The van der Waals surface area contributed by atoms with Gasteiger partial charge in [0.2, 0.25) is 0 Å². The summed E-state index contributed by atoms with van der Waals surface area (Å²) >= 11 is 7.86. The van der Waals surface area contributed by atoms with E-state index in [1.54, 1.807) is 11.8 Å². The average molecular weight is 293 g/mol. The molecular formula is C15H17ClN2S. The van der Waals surface area contributed by atoms with Crippen LogP contribution in [0.2, 0.25) is 5.15 Å². The van der Waals surface area contributed by atoms with Crippen molar-refractivity contribution in [3.05, 3.63) is 46.4 Å². The van der Waals surface area contributed by atoms with E-state index in [1.165, 1.54) is 22.3 Å². The summed E-state index contributed by atoms with van der Waals surface area (Å²) in [5.41, 5.74) is 3.52. The van der Waals surface area contributed by atoms with Crippen LogP contribution in [0.5, 0.6) is 0 Å². The first-order valence-electron chi connectivity index (χ1n) is 6.24. The number of aryl methyl sites for hydroxylation is 2. The highest BCUT2D eigenvalue weighted by Crippen LogP contribution is 2.36. The van der Waals surface area contributed by atoms with E-state index in [2.05, 4.69) is 55.9 Å². The third kappa shape index (κ3) is 3.28. The van der Waals surface area contributed by atoms with Crippen LogP contribution in [0.25, 0.3) is 0 Å². The van der Waals surface area contributed by atoms with Crippen molar-refractivity contribution in [2.75, 3.05) is 0 Å². The number of aromatic nitrogens is 2. The summed E-state index contributed by atoms with van der Waals surface area (Å²) in [7, 11) is 0. The molecule has 4 heteroatoms. The van der Waals surface area contributed by atoms with Gasteiger partial charge in [-0.05, 0) is 37.0 Å². The van der Waals surface area contributed by atoms with Crippen molar-refractivity contribution in [3.8, 4) is 0 Å². The van der Waals surface area contributed by atoms with Gasteiger partial charge in [-0.2, -0.15) is 0 Å². The minimum absolute atomic E-state index is 0.307. The van der Waals surface area contributed by atoms with Crippen LogP contribution < -0.4 is 0 Å². The molecule has 0 aliphatic rings. The quantitative estimate of drug-likeness (QED) is 0.743. The van der Waals surface area contributed by atoms with Crippen molar-refractivity contribution < 1.29 is 0 Å². The van der Waals surface area contributed by atoms with Gasteiger partial charge in [0.1, 0.15) is 16.5 Å². The lowest BCUT2D eigenvalue weighted by atomic mass is 10.1. The van der Waals surface area contributed by atoms with Gasteiger partial charge in [-0.25, -0.2) is 9.97 Å². The number of hydrogen-bond donors (Lipinski definition) is 0. The number of benzene rings is 1. The number of halogens is 1. The molecule has 0 aliphatic heterocycles. The average Bonchev–Trinajstić information content (AvgIpc) is 2.33. The molecule has 0 saturated carbocycles. The maximum Gasteiger partial charge on any atom is 0.137 e. The van der Waals surface area contributed by atoms with Gasteiger partial charge in [0.25, 0.3) is 0 Å². The molecule has 0 bridgehead atoms. The minimum Gasteiger partial charge on any atom is -0.229 e. The number of hydrogen-bond acceptors (Lipinski definition) is 3. The summed E-state index contributed by atoms with van der Waals surface area (Å²) in [4.78, 5) is 9.70. The second kappa shape index (κ2) is 5.93. The molecule has 0 amide bonds. The number of rotatable bonds is 3. The molecule has 19 heavy (non-hydrogen) atoms. The van der Waals surface area contributed by atoms with Crippen LogP contribution in [0.15, 0.2) is 34.4 Å². The maximum absolute atomic E-state index is 6.20. The van der Waals surface area contributed by atoms with Crippen LogP contribution >= 0.6 is 23.4 Å². The SMILES string of the molecule is Cc1ccc(C)c(Sc2ncnc(Cl)c2C(C)C)c1. The fourth-order valence-electron chi connectivity index (χ4n) is 1.85. The molecule has 0 saturated heterocycles. The molecule has 0 atom stereocenters. The van der Waals surface area contributed by atoms with E-state index in [-0.39, 0.29) is 0 Å². The van der Waals surface area contributed by atoms with E-state index in [0.717, 1.165) is 10.6 Å². The first-order valence-corrected chi connectivity index (χ1v) is 7.44. The topological polar surface area (TPSA) is 25.8 Å². The summed E-state index contributed by atoms with van der Waals surface area (Å²) in [5, 5.41) is 1.50. The van der Waals surface area contributed by atoms with Crippen molar-refractivity contribution in [2.45, 2.75) is 43.5 Å². The van der Waals surface area contributed by atoms with E-state index in [1.807, 2.05) is 0 Å². The van der Waals surface area contributed by atoms with Crippen molar-refractivity contribution in [3.63, 3.8) is 0 Å². The molecular weight excluding hydrogens is 276 g/mol. The predicted octanol–water partition coefficient (Wildman–Crippen LogP) is 5.02. The molecule has 0 unspecified atom stereocenters. The van der Waals surface area contributed by atoms with Gasteiger partial charge in [0.15, 0.2) is 0 Å². The maximum atomic E-state index is 6.20. The fourth-order valence-corrected chi connectivity index (χ4v) is 3.48. The first kappa shape index (κ1) is 14.4. The van der Waals surface area contributed by atoms with Gasteiger partial charge >= 0.3 is 0 Å². The molecule has 2 nitrogen and oxygen atoms in total. The Hall–Kier alpha value is -1.06. The third-order valence-corrected chi connectivity index (χ3v) is 4.41. The van der Waals surface area contributed by atoms with E-state index < -0.39 is 0 Å². The molecule has 0 radical (unpaired) electrons. The molecule has 2 rings (SSSR count). The smallest absolute Gasteiger partial charge is 0.137 e. The Labute approximate surface area is 123 Å². The zero-order valence-electron chi connectivity index (χ0n) is 11.6. The lowest BCUT2D eigenvalue weighted by Crippen LogP contribution is -1.98. The van der Waals surface area contributed by atoms with Gasteiger partial charge in [-0.15, -0.1) is 0 Å². The Kier molecular flexibility index (Phi) is 4.48.